The number of rotatable bonds is 1. The first-order valence-electron chi connectivity index (χ1n) is 3.84. The van der Waals surface area contributed by atoms with E-state index in [1.165, 1.54) is 5.56 Å². The molecule has 0 radical (unpaired) electrons. The fraction of sp³-hybridized carbons (Fsp3) is 0.250. The second kappa shape index (κ2) is 3.08. The topological polar surface area (TPSA) is 33.6 Å². The Morgan fingerprint density at radius 2 is 2.31 bits per heavy atom. The lowest BCUT2D eigenvalue weighted by atomic mass is 10.2. The number of nitrogens with one attached hydrogen (secondary N) is 1. The van der Waals surface area contributed by atoms with E-state index in [0.717, 1.165) is 11.4 Å². The number of H-pyrrole nitrogens is 1. The minimum atomic E-state index is 0.653. The summed E-state index contributed by atoms with van der Waals surface area (Å²) in [5, 5.41) is 11.1. The first-order valence-corrected chi connectivity index (χ1v) is 5.20. The van der Waals surface area contributed by atoms with Gasteiger partial charge in [0.05, 0.1) is 0 Å². The molecule has 0 spiro atoms. The summed E-state index contributed by atoms with van der Waals surface area (Å²) < 4.78 is 2.53. The van der Waals surface area contributed by atoms with Crippen molar-refractivity contribution in [2.45, 2.75) is 6.92 Å². The van der Waals surface area contributed by atoms with Crippen molar-refractivity contribution >= 4 is 23.6 Å². The van der Waals surface area contributed by atoms with Crippen LogP contribution in [0.4, 0.5) is 0 Å². The van der Waals surface area contributed by atoms with E-state index in [-0.39, 0.29) is 0 Å². The molecule has 0 atom stereocenters. The standard InChI is InChI=1S/C8H9N3S2/c1-5-3-13-4-6(5)7-9-10-8(12)11(7)2/h3-4H,1-2H3,(H,10,12). The summed E-state index contributed by atoms with van der Waals surface area (Å²) in [7, 11) is 1.91. The number of thiophene rings is 1. The summed E-state index contributed by atoms with van der Waals surface area (Å²) in [6.07, 6.45) is 0. The molecular weight excluding hydrogens is 202 g/mol. The zero-order valence-electron chi connectivity index (χ0n) is 7.37. The van der Waals surface area contributed by atoms with Crippen molar-refractivity contribution in [2.75, 3.05) is 0 Å². The van der Waals surface area contributed by atoms with Gasteiger partial charge in [-0.3, -0.25) is 5.10 Å². The zero-order valence-corrected chi connectivity index (χ0v) is 9.00. The maximum atomic E-state index is 5.04. The number of hydrogen-bond donors (Lipinski definition) is 1. The molecule has 0 saturated carbocycles. The van der Waals surface area contributed by atoms with Crippen LogP contribution in [0.25, 0.3) is 11.4 Å². The summed E-state index contributed by atoms with van der Waals surface area (Å²) >= 11 is 6.72. The van der Waals surface area contributed by atoms with Gasteiger partial charge >= 0.3 is 0 Å². The van der Waals surface area contributed by atoms with Crippen molar-refractivity contribution in [1.29, 1.82) is 0 Å². The Kier molecular flexibility index (Phi) is 2.05. The van der Waals surface area contributed by atoms with Gasteiger partial charge in [0.25, 0.3) is 0 Å². The van der Waals surface area contributed by atoms with E-state index in [4.69, 9.17) is 12.2 Å². The molecule has 2 aromatic rings. The number of hydrogen-bond acceptors (Lipinski definition) is 3. The molecule has 2 heterocycles. The molecule has 0 aliphatic heterocycles. The van der Waals surface area contributed by atoms with Crippen LogP contribution in [0, 0.1) is 11.7 Å². The molecule has 0 aromatic carbocycles. The van der Waals surface area contributed by atoms with Gasteiger partial charge in [0.1, 0.15) is 0 Å². The maximum absolute atomic E-state index is 5.04. The molecule has 0 saturated heterocycles. The monoisotopic (exact) mass is 211 g/mol. The average Bonchev–Trinajstić information content (AvgIpc) is 2.62. The Hall–Kier alpha value is -0.940. The number of nitrogens with zero attached hydrogens (tertiary/aromatic N) is 2. The summed E-state index contributed by atoms with van der Waals surface area (Å²) in [6.45, 7) is 2.07. The van der Waals surface area contributed by atoms with Crippen LogP contribution in [0.1, 0.15) is 5.56 Å². The van der Waals surface area contributed by atoms with Crippen LogP contribution in [0.15, 0.2) is 10.8 Å². The third-order valence-electron chi connectivity index (χ3n) is 1.98. The summed E-state index contributed by atoms with van der Waals surface area (Å²) in [6, 6.07) is 0. The van der Waals surface area contributed by atoms with Gasteiger partial charge in [-0.15, -0.1) is 0 Å². The van der Waals surface area contributed by atoms with Crippen LogP contribution in [-0.4, -0.2) is 14.8 Å². The number of aryl methyl sites for hydroxylation is 1. The molecule has 0 unspecified atom stereocenters. The van der Waals surface area contributed by atoms with E-state index < -0.39 is 0 Å². The lowest BCUT2D eigenvalue weighted by Gasteiger charge is -1.97. The Morgan fingerprint density at radius 1 is 1.54 bits per heavy atom. The lowest BCUT2D eigenvalue weighted by Crippen LogP contribution is -1.92. The van der Waals surface area contributed by atoms with Crippen molar-refractivity contribution in [3.05, 3.63) is 21.1 Å². The van der Waals surface area contributed by atoms with Gasteiger partial charge in [0.2, 0.25) is 0 Å². The second-order valence-electron chi connectivity index (χ2n) is 2.88. The van der Waals surface area contributed by atoms with Crippen molar-refractivity contribution in [3.8, 4) is 11.4 Å². The fourth-order valence-corrected chi connectivity index (χ4v) is 2.14. The molecule has 1 N–H and O–H groups in total. The second-order valence-corrected chi connectivity index (χ2v) is 4.01. The SMILES string of the molecule is Cc1cscc1-c1n[nH]c(=S)n1C. The fourth-order valence-electron chi connectivity index (χ4n) is 1.18. The smallest absolute Gasteiger partial charge is 0.195 e. The first kappa shape index (κ1) is 8.65. The van der Waals surface area contributed by atoms with Crippen LogP contribution in [0.5, 0.6) is 0 Å². The summed E-state index contributed by atoms with van der Waals surface area (Å²) in [5.74, 6) is 0.906. The van der Waals surface area contributed by atoms with Crippen LogP contribution < -0.4 is 0 Å². The molecule has 5 heteroatoms. The third-order valence-corrected chi connectivity index (χ3v) is 3.20. The highest BCUT2D eigenvalue weighted by Crippen LogP contribution is 2.24. The van der Waals surface area contributed by atoms with Gasteiger partial charge in [0, 0.05) is 18.0 Å². The lowest BCUT2D eigenvalue weighted by molar-refractivity contribution is 0.901. The van der Waals surface area contributed by atoms with Crippen molar-refractivity contribution in [2.24, 2.45) is 7.05 Å². The van der Waals surface area contributed by atoms with E-state index in [2.05, 4.69) is 27.9 Å². The summed E-state index contributed by atoms with van der Waals surface area (Å²) in [5.41, 5.74) is 2.39. The molecule has 0 fully saturated rings. The van der Waals surface area contributed by atoms with Gasteiger partial charge in [-0.1, -0.05) is 0 Å². The van der Waals surface area contributed by atoms with Crippen LogP contribution in [-0.2, 0) is 7.05 Å². The Morgan fingerprint density at radius 3 is 2.77 bits per heavy atom. The normalized spacial score (nSPS) is 10.6. The Labute approximate surface area is 85.0 Å². The van der Waals surface area contributed by atoms with Crippen LogP contribution in [0.2, 0.25) is 0 Å². The predicted octanol–water partition coefficient (Wildman–Crippen LogP) is 2.51. The Bertz CT molecular complexity index is 478. The average molecular weight is 211 g/mol. The van der Waals surface area contributed by atoms with Crippen molar-refractivity contribution < 1.29 is 0 Å². The van der Waals surface area contributed by atoms with Gasteiger partial charge in [-0.2, -0.15) is 16.4 Å². The van der Waals surface area contributed by atoms with Gasteiger partial charge in [-0.25, -0.2) is 0 Å². The molecule has 2 rings (SSSR count). The van der Waals surface area contributed by atoms with Crippen molar-refractivity contribution in [1.82, 2.24) is 14.8 Å². The van der Waals surface area contributed by atoms with Crippen molar-refractivity contribution in [3.63, 3.8) is 0 Å². The minimum absolute atomic E-state index is 0.653. The molecule has 3 nitrogen and oxygen atoms in total. The largest absolute Gasteiger partial charge is 0.303 e. The highest BCUT2D eigenvalue weighted by Gasteiger charge is 2.08. The number of aromatic nitrogens is 3. The highest BCUT2D eigenvalue weighted by molar-refractivity contribution is 7.71. The molecule has 13 heavy (non-hydrogen) atoms. The maximum Gasteiger partial charge on any atom is 0.195 e. The highest BCUT2D eigenvalue weighted by atomic mass is 32.1. The van der Waals surface area contributed by atoms with E-state index in [1.54, 1.807) is 11.3 Å². The summed E-state index contributed by atoms with van der Waals surface area (Å²) in [4.78, 5) is 0. The van der Waals surface area contributed by atoms with E-state index in [1.807, 2.05) is 11.6 Å². The minimum Gasteiger partial charge on any atom is -0.303 e. The third kappa shape index (κ3) is 1.34. The predicted molar refractivity (Wildman–Crippen MR) is 56.4 cm³/mol. The van der Waals surface area contributed by atoms with Gasteiger partial charge in [-0.05, 0) is 30.1 Å². The molecule has 0 aliphatic carbocycles. The van der Waals surface area contributed by atoms with Crippen LogP contribution >= 0.6 is 23.6 Å². The van der Waals surface area contributed by atoms with E-state index >= 15 is 0 Å². The van der Waals surface area contributed by atoms with E-state index in [0.29, 0.717) is 4.77 Å². The molecule has 0 bridgehead atoms. The first-order chi connectivity index (χ1) is 6.20. The van der Waals surface area contributed by atoms with E-state index in [9.17, 15) is 0 Å². The molecule has 0 aliphatic rings. The van der Waals surface area contributed by atoms with Crippen LogP contribution in [0.3, 0.4) is 0 Å². The zero-order chi connectivity index (χ0) is 9.42. The van der Waals surface area contributed by atoms with Gasteiger partial charge < -0.3 is 4.57 Å². The van der Waals surface area contributed by atoms with Gasteiger partial charge in [0.15, 0.2) is 10.6 Å². The molecular formula is C8H9N3S2. The number of aromatic amines is 1. The molecule has 0 amide bonds. The molecule has 2 aromatic heterocycles. The quantitative estimate of drug-likeness (QED) is 0.735. The Balaban J connectivity index is 2.65. The molecule has 68 valence electrons.